The quantitative estimate of drug-likeness (QED) is 0.117. The van der Waals surface area contributed by atoms with Crippen molar-refractivity contribution in [2.75, 3.05) is 0 Å². The standard InChI is InChI=1S/C52H40/c1-3-9-33-18-28-46-47(31-33)50(45-27-17-34(10-4-2)32-48(45)52(46)43-16-8-12-35-11-5-6-15-41(35)43)39-21-19-36(20-22-39)42-29-25-40-24-23-37-13-7-14-38-26-30-44(42)51(40)49(37)38/h5-8,11-32H,3-4,9-10H2,1-2H3. The average Bonchev–Trinajstić information content (AvgIpc) is 3.19. The van der Waals surface area contributed by atoms with E-state index in [4.69, 9.17) is 0 Å². The van der Waals surface area contributed by atoms with Gasteiger partial charge in [-0.1, -0.05) is 184 Å². The molecule has 0 aromatic heterocycles. The minimum Gasteiger partial charge on any atom is -0.0651 e. The predicted molar refractivity (Wildman–Crippen MR) is 227 cm³/mol. The van der Waals surface area contributed by atoms with Crippen molar-refractivity contribution in [3.8, 4) is 33.4 Å². The molecule has 0 aliphatic carbocycles. The number of benzene rings is 10. The van der Waals surface area contributed by atoms with Crippen LogP contribution in [0.4, 0.5) is 0 Å². The lowest BCUT2D eigenvalue weighted by molar-refractivity contribution is 0.923. The highest BCUT2D eigenvalue weighted by Crippen LogP contribution is 2.47. The molecule has 0 nitrogen and oxygen atoms in total. The molecule has 0 fully saturated rings. The fourth-order valence-electron chi connectivity index (χ4n) is 9.06. The van der Waals surface area contributed by atoms with Crippen molar-refractivity contribution >= 4 is 64.6 Å². The Hall–Kier alpha value is -5.98. The topological polar surface area (TPSA) is 0 Å². The van der Waals surface area contributed by atoms with Gasteiger partial charge in [0.1, 0.15) is 0 Å². The molecular formula is C52H40. The van der Waals surface area contributed by atoms with E-state index in [1.54, 1.807) is 0 Å². The SMILES string of the molecule is CCCc1ccc2c(-c3cccc4ccccc34)c3cc(CCC)ccc3c(-c3ccc(-c4ccc5ccc6cccc7ccc4c5c67)cc3)c2c1. The van der Waals surface area contributed by atoms with Gasteiger partial charge in [-0.2, -0.15) is 0 Å². The molecule has 0 N–H and O–H groups in total. The molecule has 0 atom stereocenters. The van der Waals surface area contributed by atoms with E-state index in [-0.39, 0.29) is 0 Å². The summed E-state index contributed by atoms with van der Waals surface area (Å²) in [5.41, 5.74) is 10.6. The molecule has 0 saturated carbocycles. The van der Waals surface area contributed by atoms with E-state index in [0.29, 0.717) is 0 Å². The largest absolute Gasteiger partial charge is 0.0651 e. The maximum atomic E-state index is 2.48. The first-order valence-electron chi connectivity index (χ1n) is 19.0. The molecular weight excluding hydrogens is 625 g/mol. The Morgan fingerprint density at radius 1 is 0.327 bits per heavy atom. The summed E-state index contributed by atoms with van der Waals surface area (Å²) in [7, 11) is 0. The molecule has 0 aliphatic rings. The fraction of sp³-hybridized carbons (Fsp3) is 0.115. The van der Waals surface area contributed by atoms with Gasteiger partial charge < -0.3 is 0 Å². The summed E-state index contributed by atoms with van der Waals surface area (Å²) in [5, 5.41) is 15.8. The predicted octanol–water partition coefficient (Wildman–Crippen LogP) is 14.9. The number of fused-ring (bicyclic) bond motifs is 3. The van der Waals surface area contributed by atoms with Crippen molar-refractivity contribution in [2.45, 2.75) is 39.5 Å². The highest BCUT2D eigenvalue weighted by molar-refractivity contribution is 6.26. The van der Waals surface area contributed by atoms with E-state index in [1.165, 1.54) is 109 Å². The molecule has 52 heavy (non-hydrogen) atoms. The first-order chi connectivity index (χ1) is 25.7. The monoisotopic (exact) mass is 664 g/mol. The molecule has 10 aromatic carbocycles. The molecule has 0 heteroatoms. The second kappa shape index (κ2) is 12.4. The number of hydrogen-bond donors (Lipinski definition) is 0. The normalized spacial score (nSPS) is 12.0. The van der Waals surface area contributed by atoms with E-state index in [1.807, 2.05) is 0 Å². The first-order valence-corrected chi connectivity index (χ1v) is 19.0. The molecule has 10 aromatic rings. The van der Waals surface area contributed by atoms with Crippen LogP contribution < -0.4 is 0 Å². The van der Waals surface area contributed by atoms with Crippen molar-refractivity contribution in [3.63, 3.8) is 0 Å². The van der Waals surface area contributed by atoms with Gasteiger partial charge >= 0.3 is 0 Å². The highest BCUT2D eigenvalue weighted by atomic mass is 14.2. The molecule has 10 rings (SSSR count). The maximum Gasteiger partial charge on any atom is -0.00200 e. The van der Waals surface area contributed by atoms with Crippen LogP contribution in [0.2, 0.25) is 0 Å². The lowest BCUT2D eigenvalue weighted by Gasteiger charge is -2.20. The molecule has 0 aliphatic heterocycles. The van der Waals surface area contributed by atoms with Gasteiger partial charge in [0.25, 0.3) is 0 Å². The second-order valence-electron chi connectivity index (χ2n) is 14.6. The lowest BCUT2D eigenvalue weighted by atomic mass is 9.83. The molecule has 0 amide bonds. The van der Waals surface area contributed by atoms with Crippen LogP contribution in [0.25, 0.3) is 98.0 Å². The fourth-order valence-corrected chi connectivity index (χ4v) is 9.06. The van der Waals surface area contributed by atoms with Crippen molar-refractivity contribution in [1.82, 2.24) is 0 Å². The van der Waals surface area contributed by atoms with Gasteiger partial charge in [0.15, 0.2) is 0 Å². The third kappa shape index (κ3) is 4.82. The third-order valence-electron chi connectivity index (χ3n) is 11.4. The Labute approximate surface area is 305 Å². The molecule has 248 valence electrons. The van der Waals surface area contributed by atoms with Gasteiger partial charge in [-0.15, -0.1) is 0 Å². The summed E-state index contributed by atoms with van der Waals surface area (Å²) in [5.74, 6) is 0. The zero-order chi connectivity index (χ0) is 34.8. The maximum absolute atomic E-state index is 2.48. The summed E-state index contributed by atoms with van der Waals surface area (Å²) in [4.78, 5) is 0. The number of aryl methyl sites for hydroxylation is 2. The van der Waals surface area contributed by atoms with E-state index in [9.17, 15) is 0 Å². The Morgan fingerprint density at radius 3 is 1.60 bits per heavy atom. The van der Waals surface area contributed by atoms with E-state index in [0.717, 1.165) is 25.7 Å². The summed E-state index contributed by atoms with van der Waals surface area (Å²) in [6.07, 6.45) is 4.39. The van der Waals surface area contributed by atoms with Gasteiger partial charge in [0.2, 0.25) is 0 Å². The zero-order valence-electron chi connectivity index (χ0n) is 29.8. The van der Waals surface area contributed by atoms with E-state index < -0.39 is 0 Å². The van der Waals surface area contributed by atoms with Crippen LogP contribution in [0.1, 0.15) is 37.8 Å². The van der Waals surface area contributed by atoms with Gasteiger partial charge in [-0.05, 0) is 122 Å². The highest BCUT2D eigenvalue weighted by Gasteiger charge is 2.20. The van der Waals surface area contributed by atoms with Gasteiger partial charge in [-0.25, -0.2) is 0 Å². The second-order valence-corrected chi connectivity index (χ2v) is 14.6. The molecule has 0 heterocycles. The van der Waals surface area contributed by atoms with E-state index >= 15 is 0 Å². The number of rotatable bonds is 7. The third-order valence-corrected chi connectivity index (χ3v) is 11.4. The van der Waals surface area contributed by atoms with Crippen LogP contribution in [0.15, 0.2) is 158 Å². The summed E-state index contributed by atoms with van der Waals surface area (Å²) in [6, 6.07) is 60.0. The van der Waals surface area contributed by atoms with Crippen LogP contribution in [0.5, 0.6) is 0 Å². The Kier molecular flexibility index (Phi) is 7.32. The first kappa shape index (κ1) is 30.8. The lowest BCUT2D eigenvalue weighted by Crippen LogP contribution is -1.95. The molecule has 0 radical (unpaired) electrons. The Balaban J connectivity index is 1.23. The molecule has 0 bridgehead atoms. The van der Waals surface area contributed by atoms with Crippen LogP contribution in [-0.2, 0) is 12.8 Å². The molecule has 0 unspecified atom stereocenters. The smallest absolute Gasteiger partial charge is 0.00200 e. The van der Waals surface area contributed by atoms with E-state index in [2.05, 4.69) is 172 Å². The van der Waals surface area contributed by atoms with Crippen LogP contribution in [0.3, 0.4) is 0 Å². The minimum atomic E-state index is 1.07. The summed E-state index contributed by atoms with van der Waals surface area (Å²) >= 11 is 0. The molecule has 0 saturated heterocycles. The summed E-state index contributed by atoms with van der Waals surface area (Å²) < 4.78 is 0. The minimum absolute atomic E-state index is 1.07. The van der Waals surface area contributed by atoms with Gasteiger partial charge in [-0.3, -0.25) is 0 Å². The zero-order valence-corrected chi connectivity index (χ0v) is 29.8. The van der Waals surface area contributed by atoms with Crippen LogP contribution >= 0.6 is 0 Å². The van der Waals surface area contributed by atoms with Crippen molar-refractivity contribution in [2.24, 2.45) is 0 Å². The van der Waals surface area contributed by atoms with Crippen molar-refractivity contribution < 1.29 is 0 Å². The van der Waals surface area contributed by atoms with Gasteiger partial charge in [0.05, 0.1) is 0 Å². The molecule has 0 spiro atoms. The van der Waals surface area contributed by atoms with Crippen LogP contribution in [0, 0.1) is 0 Å². The van der Waals surface area contributed by atoms with Gasteiger partial charge in [0, 0.05) is 0 Å². The van der Waals surface area contributed by atoms with Crippen molar-refractivity contribution in [1.29, 1.82) is 0 Å². The summed E-state index contributed by atoms with van der Waals surface area (Å²) in [6.45, 7) is 4.55. The van der Waals surface area contributed by atoms with Crippen molar-refractivity contribution in [3.05, 3.63) is 169 Å². The Bertz CT molecular complexity index is 2940. The average molecular weight is 665 g/mol. The van der Waals surface area contributed by atoms with Crippen LogP contribution in [-0.4, -0.2) is 0 Å². The Morgan fingerprint density at radius 2 is 0.865 bits per heavy atom. The number of hydrogen-bond acceptors (Lipinski definition) is 0.